The summed E-state index contributed by atoms with van der Waals surface area (Å²) in [5, 5.41) is 0. The third-order valence-electron chi connectivity index (χ3n) is 4.22. The van der Waals surface area contributed by atoms with Crippen molar-refractivity contribution in [3.8, 4) is 0 Å². The van der Waals surface area contributed by atoms with Crippen molar-refractivity contribution in [1.29, 1.82) is 0 Å². The highest BCUT2D eigenvalue weighted by atomic mass is 16.5. The third kappa shape index (κ3) is 8.43. The summed E-state index contributed by atoms with van der Waals surface area (Å²) in [6.45, 7) is 25.8. The van der Waals surface area contributed by atoms with Gasteiger partial charge in [0.2, 0.25) is 0 Å². The third-order valence-corrected chi connectivity index (χ3v) is 4.22. The molecule has 0 aliphatic rings. The Bertz CT molecular complexity index is 538. The molecule has 0 aromatic carbocycles. The lowest BCUT2D eigenvalue weighted by Crippen LogP contribution is -2.05. The van der Waals surface area contributed by atoms with E-state index in [2.05, 4.69) is 67.7 Å². The molecule has 1 heteroatoms. The van der Waals surface area contributed by atoms with Gasteiger partial charge in [0.15, 0.2) is 0 Å². The molecule has 0 rings (SSSR count). The maximum Gasteiger partial charge on any atom is 0.132 e. The van der Waals surface area contributed by atoms with Crippen molar-refractivity contribution in [3.63, 3.8) is 0 Å². The van der Waals surface area contributed by atoms with Crippen molar-refractivity contribution in [1.82, 2.24) is 0 Å². The highest BCUT2D eigenvalue weighted by Crippen LogP contribution is 2.30. The zero-order valence-electron chi connectivity index (χ0n) is 18.0. The van der Waals surface area contributed by atoms with Crippen LogP contribution in [0.4, 0.5) is 0 Å². The summed E-state index contributed by atoms with van der Waals surface area (Å²) in [5.74, 6) is 3.04. The summed E-state index contributed by atoms with van der Waals surface area (Å²) >= 11 is 0. The molecule has 142 valence electrons. The van der Waals surface area contributed by atoms with Crippen molar-refractivity contribution >= 4 is 0 Å². The van der Waals surface area contributed by atoms with E-state index in [0.29, 0.717) is 11.8 Å². The predicted molar refractivity (Wildman–Crippen MR) is 113 cm³/mol. The summed E-state index contributed by atoms with van der Waals surface area (Å²) in [7, 11) is 0. The Kier molecular flexibility index (Phi) is 11.2. The molecule has 0 heterocycles. The minimum absolute atomic E-state index is 0.547. The minimum atomic E-state index is 0.547. The molecule has 0 saturated carbocycles. The quantitative estimate of drug-likeness (QED) is 0.271. The molecule has 25 heavy (non-hydrogen) atoms. The van der Waals surface area contributed by atoms with Crippen LogP contribution in [0, 0.1) is 11.8 Å². The van der Waals surface area contributed by atoms with Gasteiger partial charge in [0.05, 0.1) is 0 Å². The molecule has 0 amide bonds. The molecule has 0 aliphatic heterocycles. The first-order chi connectivity index (χ1) is 11.7. The van der Waals surface area contributed by atoms with E-state index in [0.717, 1.165) is 48.3 Å². The van der Waals surface area contributed by atoms with Crippen molar-refractivity contribution in [2.45, 2.75) is 81.1 Å². The fourth-order valence-electron chi connectivity index (χ4n) is 2.91. The smallest absolute Gasteiger partial charge is 0.132 e. The van der Waals surface area contributed by atoms with Gasteiger partial charge >= 0.3 is 0 Å². The Morgan fingerprint density at radius 1 is 1.00 bits per heavy atom. The molecule has 0 saturated heterocycles. The second-order valence-corrected chi connectivity index (χ2v) is 7.68. The summed E-state index contributed by atoms with van der Waals surface area (Å²) in [6.07, 6.45) is 8.08. The van der Waals surface area contributed by atoms with Gasteiger partial charge in [-0.3, -0.25) is 0 Å². The van der Waals surface area contributed by atoms with Gasteiger partial charge in [-0.05, 0) is 74.2 Å². The molecule has 0 spiro atoms. The molecule has 0 radical (unpaired) electrons. The number of ether oxygens (including phenoxy) is 1. The minimum Gasteiger partial charge on any atom is -0.457 e. The Balaban J connectivity index is 5.87. The van der Waals surface area contributed by atoms with Crippen LogP contribution in [0.25, 0.3) is 0 Å². The first kappa shape index (κ1) is 23.5. The monoisotopic (exact) mass is 344 g/mol. The van der Waals surface area contributed by atoms with Gasteiger partial charge < -0.3 is 4.74 Å². The van der Waals surface area contributed by atoms with Crippen LogP contribution < -0.4 is 0 Å². The lowest BCUT2D eigenvalue weighted by Gasteiger charge is -2.21. The lowest BCUT2D eigenvalue weighted by molar-refractivity contribution is 0.312. The summed E-state index contributed by atoms with van der Waals surface area (Å²) in [4.78, 5) is 0. The molecule has 0 atom stereocenters. The maximum atomic E-state index is 6.44. The molecule has 0 aromatic rings. The fourth-order valence-corrected chi connectivity index (χ4v) is 2.91. The van der Waals surface area contributed by atoms with Crippen LogP contribution in [0.5, 0.6) is 0 Å². The SMILES string of the molecule is C=C/C(C)=C(/OC(=C/CC)/C(C)=C(\CC)CC(C)C)C(=C)CC(C)C. The molecular formula is C24H40O. The molecule has 0 aliphatic carbocycles. The Morgan fingerprint density at radius 2 is 1.56 bits per heavy atom. The highest BCUT2D eigenvalue weighted by Gasteiger charge is 2.15. The van der Waals surface area contributed by atoms with E-state index in [4.69, 9.17) is 4.74 Å². The van der Waals surface area contributed by atoms with Gasteiger partial charge in [0, 0.05) is 0 Å². The number of hydrogen-bond acceptors (Lipinski definition) is 1. The molecule has 1 nitrogen and oxygen atoms in total. The van der Waals surface area contributed by atoms with Gasteiger partial charge in [-0.25, -0.2) is 0 Å². The van der Waals surface area contributed by atoms with Crippen LogP contribution in [-0.2, 0) is 4.74 Å². The summed E-state index contributed by atoms with van der Waals surface area (Å²) in [6, 6.07) is 0. The van der Waals surface area contributed by atoms with Crippen molar-refractivity contribution in [3.05, 3.63) is 59.1 Å². The van der Waals surface area contributed by atoms with Crippen LogP contribution in [0.2, 0.25) is 0 Å². The maximum absolute atomic E-state index is 6.44. The normalized spacial score (nSPS) is 14.4. The van der Waals surface area contributed by atoms with E-state index < -0.39 is 0 Å². The van der Waals surface area contributed by atoms with E-state index in [-0.39, 0.29) is 0 Å². The number of allylic oxidation sites excluding steroid dienone is 6. The van der Waals surface area contributed by atoms with E-state index >= 15 is 0 Å². The average Bonchev–Trinajstić information content (AvgIpc) is 2.54. The second kappa shape index (κ2) is 12.0. The average molecular weight is 345 g/mol. The zero-order chi connectivity index (χ0) is 19.6. The summed E-state index contributed by atoms with van der Waals surface area (Å²) in [5.41, 5.74) is 4.83. The van der Waals surface area contributed by atoms with Crippen LogP contribution in [0.3, 0.4) is 0 Å². The van der Waals surface area contributed by atoms with Crippen LogP contribution >= 0.6 is 0 Å². The van der Waals surface area contributed by atoms with Gasteiger partial charge in [0.25, 0.3) is 0 Å². The molecule has 0 aromatic heterocycles. The molecule has 0 unspecified atom stereocenters. The van der Waals surface area contributed by atoms with E-state index in [1.807, 2.05) is 13.0 Å². The second-order valence-electron chi connectivity index (χ2n) is 7.68. The largest absolute Gasteiger partial charge is 0.457 e. The van der Waals surface area contributed by atoms with Crippen LogP contribution in [0.15, 0.2) is 59.1 Å². The highest BCUT2D eigenvalue weighted by molar-refractivity contribution is 5.38. The number of hydrogen-bond donors (Lipinski definition) is 0. The standard InChI is InChI=1S/C24H40O/c1-11-14-23(21(10)22(13-3)16-18(6)7)25-24(19(8)12-2)20(9)15-17(4)5/h12,14,17-18H,2,9,11,13,15-16H2,1,3-8,10H3/b22-21+,23-14+,24-19+. The van der Waals surface area contributed by atoms with Gasteiger partial charge in [0.1, 0.15) is 11.5 Å². The fraction of sp³-hybridized carbons (Fsp3) is 0.583. The molecular weight excluding hydrogens is 304 g/mol. The first-order valence-corrected chi connectivity index (χ1v) is 9.76. The summed E-state index contributed by atoms with van der Waals surface area (Å²) < 4.78 is 6.44. The van der Waals surface area contributed by atoms with Crippen molar-refractivity contribution < 1.29 is 4.74 Å². The van der Waals surface area contributed by atoms with Crippen LogP contribution in [0.1, 0.15) is 81.1 Å². The van der Waals surface area contributed by atoms with Crippen molar-refractivity contribution in [2.24, 2.45) is 11.8 Å². The van der Waals surface area contributed by atoms with Crippen LogP contribution in [-0.4, -0.2) is 0 Å². The van der Waals surface area contributed by atoms with Crippen molar-refractivity contribution in [2.75, 3.05) is 0 Å². The molecule has 0 bridgehead atoms. The zero-order valence-corrected chi connectivity index (χ0v) is 18.0. The lowest BCUT2D eigenvalue weighted by atomic mass is 9.95. The Morgan fingerprint density at radius 3 is 1.96 bits per heavy atom. The van der Waals surface area contributed by atoms with E-state index in [1.54, 1.807) is 0 Å². The molecule has 0 fully saturated rings. The topological polar surface area (TPSA) is 9.23 Å². The van der Waals surface area contributed by atoms with Gasteiger partial charge in [-0.15, -0.1) is 0 Å². The predicted octanol–water partition coefficient (Wildman–Crippen LogP) is 8.13. The first-order valence-electron chi connectivity index (χ1n) is 9.76. The Labute approximate surface area is 157 Å². The Hall–Kier alpha value is -1.50. The van der Waals surface area contributed by atoms with E-state index in [9.17, 15) is 0 Å². The number of rotatable bonds is 11. The molecule has 0 N–H and O–H groups in total. The van der Waals surface area contributed by atoms with Gasteiger partial charge in [-0.1, -0.05) is 66.3 Å². The van der Waals surface area contributed by atoms with Gasteiger partial charge in [-0.2, -0.15) is 0 Å². The van der Waals surface area contributed by atoms with E-state index in [1.165, 1.54) is 11.1 Å².